The number of esters is 1. The molecule has 1 aromatic carbocycles. The topological polar surface area (TPSA) is 175 Å². The maximum Gasteiger partial charge on any atom is 0.331 e. The van der Waals surface area contributed by atoms with Crippen LogP contribution < -0.4 is 0 Å². The van der Waals surface area contributed by atoms with E-state index in [0.717, 1.165) is 11.8 Å². The van der Waals surface area contributed by atoms with E-state index in [2.05, 4.69) is 0 Å². The van der Waals surface area contributed by atoms with Gasteiger partial charge in [0.05, 0.1) is 24.9 Å². The summed E-state index contributed by atoms with van der Waals surface area (Å²) in [5.74, 6) is -1.90. The molecule has 10 atom stereocenters. The molecule has 3 aliphatic rings. The molecular weight excluding hydrogens is 464 g/mol. The Bertz CT molecular complexity index is 950. The molecule has 1 saturated heterocycles. The van der Waals surface area contributed by atoms with Crippen LogP contribution in [-0.4, -0.2) is 97.5 Å². The monoisotopic (exact) mass is 494 g/mol. The Morgan fingerprint density at radius 3 is 2.51 bits per heavy atom. The molecule has 0 unspecified atom stereocenters. The Kier molecular flexibility index (Phi) is 7.32. The summed E-state index contributed by atoms with van der Waals surface area (Å²) >= 11 is 0. The Morgan fingerprint density at radius 1 is 1.11 bits per heavy atom. The largest absolute Gasteiger partial charge is 0.472 e. The number of aliphatic hydroxyl groups excluding tert-OH is 5. The molecule has 1 saturated carbocycles. The van der Waals surface area contributed by atoms with Crippen LogP contribution in [0.4, 0.5) is 0 Å². The smallest absolute Gasteiger partial charge is 0.331 e. The molecule has 11 heteroatoms. The van der Waals surface area contributed by atoms with Crippen molar-refractivity contribution in [2.45, 2.75) is 67.6 Å². The van der Waals surface area contributed by atoms with Gasteiger partial charge in [-0.1, -0.05) is 30.3 Å². The van der Waals surface area contributed by atoms with Gasteiger partial charge in [-0.05, 0) is 24.6 Å². The van der Waals surface area contributed by atoms with Crippen LogP contribution in [0.25, 0.3) is 6.08 Å². The van der Waals surface area contributed by atoms with Crippen LogP contribution in [0.1, 0.15) is 18.9 Å². The number of fused-ring (bicyclic) bond motifs is 1. The van der Waals surface area contributed by atoms with Crippen LogP contribution in [0.5, 0.6) is 0 Å². The van der Waals surface area contributed by atoms with Crippen LogP contribution in [0.3, 0.4) is 0 Å². The van der Waals surface area contributed by atoms with E-state index in [1.807, 2.05) is 18.2 Å². The van der Waals surface area contributed by atoms with Crippen molar-refractivity contribution in [2.24, 2.45) is 5.92 Å². The lowest BCUT2D eigenvalue weighted by atomic mass is 9.81. The highest BCUT2D eigenvalue weighted by molar-refractivity contribution is 5.87. The normalized spacial score (nSPS) is 43.1. The highest BCUT2D eigenvalue weighted by Crippen LogP contribution is 2.51. The van der Waals surface area contributed by atoms with E-state index in [0.29, 0.717) is 0 Å². The molecule has 2 aliphatic heterocycles. The van der Waals surface area contributed by atoms with Crippen LogP contribution in [0.15, 0.2) is 48.7 Å². The van der Waals surface area contributed by atoms with Crippen LogP contribution in [0.2, 0.25) is 0 Å². The van der Waals surface area contributed by atoms with E-state index >= 15 is 0 Å². The first-order valence-electron chi connectivity index (χ1n) is 11.2. The summed E-state index contributed by atoms with van der Waals surface area (Å²) < 4.78 is 22.3. The molecule has 0 amide bonds. The van der Waals surface area contributed by atoms with Crippen molar-refractivity contribution in [2.75, 3.05) is 6.61 Å². The van der Waals surface area contributed by atoms with Crippen molar-refractivity contribution in [3.8, 4) is 0 Å². The van der Waals surface area contributed by atoms with Crippen molar-refractivity contribution in [3.63, 3.8) is 0 Å². The van der Waals surface area contributed by atoms with Crippen LogP contribution in [0, 0.1) is 5.92 Å². The van der Waals surface area contributed by atoms with Gasteiger partial charge in [-0.15, -0.1) is 0 Å². The molecule has 0 spiro atoms. The quantitative estimate of drug-likeness (QED) is 0.207. The lowest BCUT2D eigenvalue weighted by Crippen LogP contribution is -2.62. The molecule has 6 N–H and O–H groups in total. The number of ether oxygens (including phenoxy) is 4. The Hall–Kier alpha value is -2.35. The lowest BCUT2D eigenvalue weighted by Gasteiger charge is -2.45. The number of aliphatic hydroxyl groups is 6. The summed E-state index contributed by atoms with van der Waals surface area (Å²) in [6, 6.07) is 9.06. The maximum absolute atomic E-state index is 12.6. The van der Waals surface area contributed by atoms with Gasteiger partial charge < -0.3 is 49.6 Å². The number of hydrogen-bond acceptors (Lipinski definition) is 11. The SMILES string of the molecule is C[C@@]1(OC(=O)C=Cc2ccccc2)C[C@@H](O)[C@@]2(O)C=CO[C@@H](O[C@H]3O[C@H](CO)[C@@H](O)[C@H](O)[C@H]3O)[C@@H]21. The molecule has 4 rings (SSSR count). The first-order chi connectivity index (χ1) is 16.6. The van der Waals surface area contributed by atoms with Crippen molar-refractivity contribution >= 4 is 12.0 Å². The summed E-state index contributed by atoms with van der Waals surface area (Å²) in [5.41, 5.74) is -2.62. The fourth-order valence-corrected chi connectivity index (χ4v) is 4.92. The van der Waals surface area contributed by atoms with Gasteiger partial charge in [0.1, 0.15) is 35.6 Å². The second kappa shape index (κ2) is 9.96. The zero-order chi connectivity index (χ0) is 25.4. The minimum absolute atomic E-state index is 0.151. The highest BCUT2D eigenvalue weighted by Gasteiger charge is 2.66. The fraction of sp³-hybridized carbons (Fsp3) is 0.542. The molecule has 35 heavy (non-hydrogen) atoms. The standard InChI is InChI=1S/C24H30O11/c1-23(35-16(27)8-7-13-5-3-2-4-6-13)11-15(26)24(31)9-10-32-22(20(23)24)34-21-19(30)18(29)17(28)14(12-25)33-21/h2-10,14-15,17-22,25-26,28-31H,11-12H2,1H3/t14-,15-,17-,18+,19-,20-,21-,22+,23-,24+/m1/s1. The van der Waals surface area contributed by atoms with E-state index in [1.165, 1.54) is 19.1 Å². The molecule has 1 aromatic rings. The van der Waals surface area contributed by atoms with Gasteiger partial charge in [0.2, 0.25) is 6.29 Å². The average molecular weight is 494 g/mol. The molecule has 2 fully saturated rings. The third-order valence-electron chi connectivity index (χ3n) is 6.77. The van der Waals surface area contributed by atoms with E-state index in [-0.39, 0.29) is 6.42 Å². The number of benzene rings is 1. The predicted molar refractivity (Wildman–Crippen MR) is 118 cm³/mol. The average Bonchev–Trinajstić information content (AvgIpc) is 3.03. The summed E-state index contributed by atoms with van der Waals surface area (Å²) in [4.78, 5) is 12.6. The van der Waals surface area contributed by atoms with E-state index in [1.54, 1.807) is 18.2 Å². The molecule has 0 bridgehead atoms. The molecule has 0 radical (unpaired) electrons. The minimum atomic E-state index is -1.91. The highest BCUT2D eigenvalue weighted by atomic mass is 16.8. The van der Waals surface area contributed by atoms with Gasteiger partial charge in [0.15, 0.2) is 6.29 Å². The summed E-state index contributed by atoms with van der Waals surface area (Å²) in [7, 11) is 0. The van der Waals surface area contributed by atoms with Gasteiger partial charge in [-0.3, -0.25) is 0 Å². The van der Waals surface area contributed by atoms with Gasteiger partial charge in [0, 0.05) is 12.5 Å². The van der Waals surface area contributed by atoms with E-state index < -0.39 is 72.8 Å². The Morgan fingerprint density at radius 2 is 1.83 bits per heavy atom. The Labute approximate surface area is 201 Å². The molecule has 1 aliphatic carbocycles. The van der Waals surface area contributed by atoms with Crippen molar-refractivity contribution in [3.05, 3.63) is 54.3 Å². The summed E-state index contributed by atoms with van der Waals surface area (Å²) in [5, 5.41) is 61.7. The molecular formula is C24H30O11. The molecule has 2 heterocycles. The lowest BCUT2D eigenvalue weighted by molar-refractivity contribution is -0.351. The number of hydrogen-bond donors (Lipinski definition) is 6. The predicted octanol–water partition coefficient (Wildman–Crippen LogP) is -1.20. The summed E-state index contributed by atoms with van der Waals surface area (Å²) in [6.45, 7) is 0.852. The number of carbonyl (C=O) groups excluding carboxylic acids is 1. The second-order valence-corrected chi connectivity index (χ2v) is 9.20. The van der Waals surface area contributed by atoms with E-state index in [4.69, 9.17) is 18.9 Å². The number of carbonyl (C=O) groups is 1. The van der Waals surface area contributed by atoms with Gasteiger partial charge in [0.25, 0.3) is 0 Å². The third-order valence-corrected chi connectivity index (χ3v) is 6.77. The fourth-order valence-electron chi connectivity index (χ4n) is 4.92. The van der Waals surface area contributed by atoms with Crippen molar-refractivity contribution in [1.82, 2.24) is 0 Å². The molecule has 11 nitrogen and oxygen atoms in total. The van der Waals surface area contributed by atoms with Crippen molar-refractivity contribution in [1.29, 1.82) is 0 Å². The third kappa shape index (κ3) is 4.86. The van der Waals surface area contributed by atoms with Gasteiger partial charge in [-0.2, -0.15) is 0 Å². The molecule has 0 aromatic heterocycles. The zero-order valence-corrected chi connectivity index (χ0v) is 19.0. The first-order valence-corrected chi connectivity index (χ1v) is 11.2. The maximum atomic E-state index is 12.6. The van der Waals surface area contributed by atoms with E-state index in [9.17, 15) is 35.4 Å². The van der Waals surface area contributed by atoms with Gasteiger partial charge >= 0.3 is 5.97 Å². The van der Waals surface area contributed by atoms with Gasteiger partial charge in [-0.25, -0.2) is 4.79 Å². The molecule has 192 valence electrons. The van der Waals surface area contributed by atoms with Crippen LogP contribution in [-0.2, 0) is 23.7 Å². The summed E-state index contributed by atoms with van der Waals surface area (Å²) in [6.07, 6.45) is -5.57. The minimum Gasteiger partial charge on any atom is -0.472 e. The van der Waals surface area contributed by atoms with Crippen molar-refractivity contribution < 1.29 is 54.4 Å². The first kappa shape index (κ1) is 25.7. The Balaban J connectivity index is 1.55. The zero-order valence-electron chi connectivity index (χ0n) is 19.0. The van der Waals surface area contributed by atoms with Crippen LogP contribution >= 0.6 is 0 Å². The second-order valence-electron chi connectivity index (χ2n) is 9.20. The number of rotatable bonds is 6.